The van der Waals surface area contributed by atoms with Crippen molar-refractivity contribution in [2.45, 2.75) is 20.0 Å². The molecule has 0 aromatic heterocycles. The van der Waals surface area contributed by atoms with Crippen LogP contribution in [0.2, 0.25) is 0 Å². The number of ether oxygens (including phenoxy) is 1. The van der Waals surface area contributed by atoms with Gasteiger partial charge in [-0.15, -0.1) is 0 Å². The number of hydrazone groups is 1. The molecular weight excluding hydrogens is 360 g/mol. The number of nitrogens with one attached hydrogen (secondary N) is 1. The lowest BCUT2D eigenvalue weighted by Crippen LogP contribution is -2.33. The fraction of sp³-hybridized carbons (Fsp3) is 0.120. The average Bonchev–Trinajstić information content (AvgIpc) is 2.77. The van der Waals surface area contributed by atoms with Crippen molar-refractivity contribution in [3.05, 3.63) is 96.6 Å². The summed E-state index contributed by atoms with van der Waals surface area (Å²) < 4.78 is 5.73. The van der Waals surface area contributed by atoms with Gasteiger partial charge in [0, 0.05) is 0 Å². The Balaban J connectivity index is 1.53. The van der Waals surface area contributed by atoms with Crippen molar-refractivity contribution >= 4 is 17.7 Å². The largest absolute Gasteiger partial charge is 0.481 e. The van der Waals surface area contributed by atoms with E-state index >= 15 is 0 Å². The molecule has 146 valence electrons. The molecule has 3 rings (SSSR count). The molecule has 0 aliphatic carbocycles. The third kappa shape index (κ3) is 6.18. The van der Waals surface area contributed by atoms with Crippen molar-refractivity contribution in [2.24, 2.45) is 5.10 Å². The van der Waals surface area contributed by atoms with Crippen LogP contribution in [0.1, 0.15) is 19.4 Å². The van der Waals surface area contributed by atoms with E-state index < -0.39 is 6.10 Å². The number of hydrogen-bond donors (Lipinski definition) is 1. The van der Waals surface area contributed by atoms with Crippen molar-refractivity contribution in [2.75, 3.05) is 0 Å². The molecule has 0 aliphatic heterocycles. The van der Waals surface area contributed by atoms with Gasteiger partial charge in [0.15, 0.2) is 6.10 Å². The van der Waals surface area contributed by atoms with Crippen LogP contribution >= 0.6 is 0 Å². The summed E-state index contributed by atoms with van der Waals surface area (Å²) in [7, 11) is 0. The lowest BCUT2D eigenvalue weighted by Gasteiger charge is -2.13. The number of amides is 1. The lowest BCUT2D eigenvalue weighted by atomic mass is 10.1. The van der Waals surface area contributed by atoms with E-state index in [1.54, 1.807) is 6.92 Å². The number of carbonyl (C=O) groups excluding carboxylic acids is 1. The van der Waals surface area contributed by atoms with Crippen LogP contribution in [0.5, 0.6) is 5.75 Å². The van der Waals surface area contributed by atoms with E-state index in [0.29, 0.717) is 11.5 Å². The average molecular weight is 384 g/mol. The number of carbonyl (C=O) groups is 1. The SMILES string of the molecule is CC(C=Cc1ccccc1)=NNC(=O)C(C)Oc1ccc(-c2ccccc2)cc1. The second-order valence-corrected chi connectivity index (χ2v) is 6.62. The van der Waals surface area contributed by atoms with Crippen LogP contribution in [0.4, 0.5) is 0 Å². The summed E-state index contributed by atoms with van der Waals surface area (Å²) in [4.78, 5) is 12.2. The van der Waals surface area contributed by atoms with Gasteiger partial charge in [-0.05, 0) is 48.7 Å². The maximum Gasteiger partial charge on any atom is 0.280 e. The summed E-state index contributed by atoms with van der Waals surface area (Å²) >= 11 is 0. The first-order chi connectivity index (χ1) is 14.1. The first kappa shape index (κ1) is 20.1. The maximum atomic E-state index is 12.2. The van der Waals surface area contributed by atoms with Crippen molar-refractivity contribution < 1.29 is 9.53 Å². The van der Waals surface area contributed by atoms with Crippen LogP contribution in [0.25, 0.3) is 17.2 Å². The molecule has 4 heteroatoms. The smallest absolute Gasteiger partial charge is 0.280 e. The molecule has 3 aromatic rings. The predicted octanol–water partition coefficient (Wildman–Crippen LogP) is 5.33. The maximum absolute atomic E-state index is 12.2. The summed E-state index contributed by atoms with van der Waals surface area (Å²) in [6.45, 7) is 3.53. The van der Waals surface area contributed by atoms with Crippen molar-refractivity contribution in [1.29, 1.82) is 0 Å². The number of allylic oxidation sites excluding steroid dienone is 1. The molecule has 29 heavy (non-hydrogen) atoms. The highest BCUT2D eigenvalue weighted by molar-refractivity contribution is 5.97. The van der Waals surface area contributed by atoms with E-state index in [-0.39, 0.29) is 5.91 Å². The Hall–Kier alpha value is -3.66. The minimum Gasteiger partial charge on any atom is -0.481 e. The van der Waals surface area contributed by atoms with Crippen molar-refractivity contribution in [3.8, 4) is 16.9 Å². The quantitative estimate of drug-likeness (QED) is 0.442. The summed E-state index contributed by atoms with van der Waals surface area (Å²) in [6.07, 6.45) is 3.13. The van der Waals surface area contributed by atoms with Gasteiger partial charge in [0.1, 0.15) is 5.75 Å². The highest BCUT2D eigenvalue weighted by atomic mass is 16.5. The van der Waals surface area contributed by atoms with Crippen LogP contribution in [0.15, 0.2) is 96.1 Å². The van der Waals surface area contributed by atoms with Crippen LogP contribution in [-0.2, 0) is 4.79 Å². The molecule has 4 nitrogen and oxygen atoms in total. The first-order valence-electron chi connectivity index (χ1n) is 9.51. The minimum atomic E-state index is -0.660. The molecule has 3 aromatic carbocycles. The molecule has 1 N–H and O–H groups in total. The zero-order valence-corrected chi connectivity index (χ0v) is 16.6. The third-order valence-electron chi connectivity index (χ3n) is 4.30. The molecular formula is C25H24N2O2. The van der Waals surface area contributed by atoms with Crippen LogP contribution in [0.3, 0.4) is 0 Å². The van der Waals surface area contributed by atoms with Crippen LogP contribution in [0, 0.1) is 0 Å². The molecule has 0 bridgehead atoms. The Labute approximate surface area is 171 Å². The highest BCUT2D eigenvalue weighted by Crippen LogP contribution is 2.22. The summed E-state index contributed by atoms with van der Waals surface area (Å²) in [6, 6.07) is 27.7. The Kier molecular flexibility index (Phi) is 6.95. The van der Waals surface area contributed by atoms with E-state index in [1.807, 2.05) is 91.9 Å². The Morgan fingerprint density at radius 1 is 0.897 bits per heavy atom. The van der Waals surface area contributed by atoms with Gasteiger partial charge in [-0.2, -0.15) is 5.10 Å². The topological polar surface area (TPSA) is 50.7 Å². The molecule has 1 atom stereocenters. The highest BCUT2D eigenvalue weighted by Gasteiger charge is 2.14. The number of benzene rings is 3. The monoisotopic (exact) mass is 384 g/mol. The summed E-state index contributed by atoms with van der Waals surface area (Å²) in [5.41, 5.74) is 6.55. The lowest BCUT2D eigenvalue weighted by molar-refractivity contribution is -0.127. The molecule has 0 fully saturated rings. The van der Waals surface area contributed by atoms with Crippen LogP contribution in [-0.4, -0.2) is 17.7 Å². The van der Waals surface area contributed by atoms with E-state index in [9.17, 15) is 4.79 Å². The minimum absolute atomic E-state index is 0.301. The number of nitrogens with zero attached hydrogens (tertiary/aromatic N) is 1. The Morgan fingerprint density at radius 2 is 1.48 bits per heavy atom. The normalized spacial score (nSPS) is 12.6. The molecule has 1 unspecified atom stereocenters. The summed E-state index contributed by atoms with van der Waals surface area (Å²) in [5.74, 6) is 0.335. The molecule has 0 heterocycles. The summed E-state index contributed by atoms with van der Waals surface area (Å²) in [5, 5.41) is 4.11. The van der Waals surface area contributed by atoms with Gasteiger partial charge >= 0.3 is 0 Å². The second-order valence-electron chi connectivity index (χ2n) is 6.62. The van der Waals surface area contributed by atoms with Gasteiger partial charge in [-0.25, -0.2) is 5.43 Å². The molecule has 0 saturated heterocycles. The molecule has 0 saturated carbocycles. The zero-order valence-electron chi connectivity index (χ0n) is 16.6. The van der Waals surface area contributed by atoms with Crippen molar-refractivity contribution in [3.63, 3.8) is 0 Å². The van der Waals surface area contributed by atoms with Gasteiger partial charge in [-0.3, -0.25) is 4.79 Å². The second kappa shape index (κ2) is 10.0. The predicted molar refractivity (Wildman–Crippen MR) is 119 cm³/mol. The molecule has 0 radical (unpaired) electrons. The molecule has 1 amide bonds. The zero-order chi connectivity index (χ0) is 20.5. The van der Waals surface area contributed by atoms with Gasteiger partial charge in [0.25, 0.3) is 5.91 Å². The standard InChI is InChI=1S/C25H24N2O2/c1-19(13-14-21-9-5-3-6-10-21)26-27-25(28)20(2)29-24-17-15-23(16-18-24)22-11-7-4-8-12-22/h3-18,20H,1-2H3,(H,27,28). The van der Waals surface area contributed by atoms with E-state index in [1.165, 1.54) is 0 Å². The number of hydrogen-bond acceptors (Lipinski definition) is 3. The molecule has 0 spiro atoms. The fourth-order valence-electron chi connectivity index (χ4n) is 2.67. The van der Waals surface area contributed by atoms with Crippen molar-refractivity contribution in [1.82, 2.24) is 5.43 Å². The van der Waals surface area contributed by atoms with Crippen LogP contribution < -0.4 is 10.2 Å². The van der Waals surface area contributed by atoms with Gasteiger partial charge in [0.2, 0.25) is 0 Å². The Bertz CT molecular complexity index is 978. The van der Waals surface area contributed by atoms with E-state index in [0.717, 1.165) is 16.7 Å². The van der Waals surface area contributed by atoms with Gasteiger partial charge in [-0.1, -0.05) is 78.9 Å². The number of rotatable bonds is 7. The first-order valence-corrected chi connectivity index (χ1v) is 9.51. The van der Waals surface area contributed by atoms with E-state index in [4.69, 9.17) is 4.74 Å². The Morgan fingerprint density at radius 3 is 2.14 bits per heavy atom. The van der Waals surface area contributed by atoms with E-state index in [2.05, 4.69) is 22.7 Å². The third-order valence-corrected chi connectivity index (χ3v) is 4.30. The van der Waals surface area contributed by atoms with Gasteiger partial charge in [0.05, 0.1) is 5.71 Å². The molecule has 0 aliphatic rings. The fourth-order valence-corrected chi connectivity index (χ4v) is 2.67. The van der Waals surface area contributed by atoms with Gasteiger partial charge < -0.3 is 4.74 Å².